The first-order valence-electron chi connectivity index (χ1n) is 11.8. The zero-order valence-electron chi connectivity index (χ0n) is 20.6. The number of nitrogens with zero attached hydrogens (tertiary/aromatic N) is 2. The third-order valence-electron chi connectivity index (χ3n) is 6.03. The average molecular weight is 522 g/mol. The van der Waals surface area contributed by atoms with E-state index in [-0.39, 0.29) is 41.0 Å². The van der Waals surface area contributed by atoms with Crippen molar-refractivity contribution in [2.24, 2.45) is 5.92 Å². The summed E-state index contributed by atoms with van der Waals surface area (Å²) in [6.07, 6.45) is 2.02. The number of nitrogens with one attached hydrogen (secondary N) is 1. The van der Waals surface area contributed by atoms with E-state index in [2.05, 4.69) is 15.0 Å². The molecule has 1 heterocycles. The first kappa shape index (κ1) is 26.5. The Hall–Kier alpha value is -3.60. The van der Waals surface area contributed by atoms with E-state index < -0.39 is 30.2 Å². The largest absolute Gasteiger partial charge is 0.489 e. The normalized spacial score (nSPS) is 14.1. The van der Waals surface area contributed by atoms with Crippen LogP contribution in [0.15, 0.2) is 40.8 Å². The summed E-state index contributed by atoms with van der Waals surface area (Å²) in [6.45, 7) is -1.01. The maximum atomic E-state index is 14.1. The van der Waals surface area contributed by atoms with Gasteiger partial charge in [0.2, 0.25) is 5.89 Å². The fourth-order valence-electron chi connectivity index (χ4n) is 3.63. The van der Waals surface area contributed by atoms with E-state index in [1.807, 2.05) is 0 Å². The third kappa shape index (κ3) is 6.40. The molecule has 1 aliphatic rings. The molecular weight excluding hydrogens is 494 g/mol. The van der Waals surface area contributed by atoms with Crippen molar-refractivity contribution in [1.29, 1.82) is 0 Å². The van der Waals surface area contributed by atoms with Gasteiger partial charge in [0.15, 0.2) is 23.0 Å². The summed E-state index contributed by atoms with van der Waals surface area (Å²) < 4.78 is 69.4. The van der Waals surface area contributed by atoms with Crippen molar-refractivity contribution in [3.05, 3.63) is 65.1 Å². The standard InChI is InChI=1S/C26H27F4N3O4/c1-14(31-2)23-22(25(34)33(3)12-17-6-8-18(27)11-19(17)28)32-24(37-23)16-7-9-20(36-26(29)30)21(10-16)35-13-15-4-5-15/h6-11,14-15,26,31H,4-5,12-13H2,1-3H3. The van der Waals surface area contributed by atoms with Crippen LogP contribution in [0.4, 0.5) is 17.6 Å². The highest BCUT2D eigenvalue weighted by atomic mass is 19.3. The van der Waals surface area contributed by atoms with Crippen molar-refractivity contribution < 1.29 is 36.2 Å². The van der Waals surface area contributed by atoms with E-state index >= 15 is 0 Å². The minimum absolute atomic E-state index is 0.00442. The fourth-order valence-corrected chi connectivity index (χ4v) is 3.63. The molecule has 1 amide bonds. The lowest BCUT2D eigenvalue weighted by Gasteiger charge is -2.18. The van der Waals surface area contributed by atoms with Crippen LogP contribution >= 0.6 is 0 Å². The van der Waals surface area contributed by atoms with Gasteiger partial charge in [-0.1, -0.05) is 6.07 Å². The first-order chi connectivity index (χ1) is 17.7. The molecule has 1 saturated carbocycles. The van der Waals surface area contributed by atoms with Gasteiger partial charge in [-0.3, -0.25) is 4.79 Å². The second-order valence-electron chi connectivity index (χ2n) is 8.93. The highest BCUT2D eigenvalue weighted by Crippen LogP contribution is 2.37. The first-order valence-corrected chi connectivity index (χ1v) is 11.8. The van der Waals surface area contributed by atoms with Crippen LogP contribution < -0.4 is 14.8 Å². The second kappa shape index (κ2) is 11.2. The van der Waals surface area contributed by atoms with Crippen LogP contribution in [0.2, 0.25) is 0 Å². The fraction of sp³-hybridized carbons (Fsp3) is 0.385. The Bertz CT molecular complexity index is 1260. The highest BCUT2D eigenvalue weighted by molar-refractivity contribution is 5.93. The number of rotatable bonds is 11. The Morgan fingerprint density at radius 1 is 1.19 bits per heavy atom. The number of carbonyl (C=O) groups is 1. The Morgan fingerprint density at radius 2 is 1.95 bits per heavy atom. The summed E-state index contributed by atoms with van der Waals surface area (Å²) in [6, 6.07) is 7.01. The van der Waals surface area contributed by atoms with Crippen LogP contribution in [0.25, 0.3) is 11.5 Å². The molecule has 0 radical (unpaired) electrons. The predicted octanol–water partition coefficient (Wildman–Crippen LogP) is 5.56. The smallest absolute Gasteiger partial charge is 0.387 e. The summed E-state index contributed by atoms with van der Waals surface area (Å²) in [5, 5.41) is 2.99. The van der Waals surface area contributed by atoms with E-state index in [1.54, 1.807) is 14.0 Å². The number of carbonyl (C=O) groups excluding carboxylic acids is 1. The van der Waals surface area contributed by atoms with Gasteiger partial charge in [0.25, 0.3) is 5.91 Å². The van der Waals surface area contributed by atoms with Gasteiger partial charge in [-0.15, -0.1) is 0 Å². The van der Waals surface area contributed by atoms with Gasteiger partial charge in [-0.25, -0.2) is 13.8 Å². The number of hydrogen-bond acceptors (Lipinski definition) is 6. The number of ether oxygens (including phenoxy) is 2. The minimum atomic E-state index is -3.02. The second-order valence-corrected chi connectivity index (χ2v) is 8.93. The Labute approximate surface area is 211 Å². The summed E-state index contributed by atoms with van der Waals surface area (Å²) in [5.74, 6) is -1.35. The molecule has 1 atom stereocenters. The van der Waals surface area contributed by atoms with Gasteiger partial charge < -0.3 is 24.1 Å². The molecule has 0 spiro atoms. The van der Waals surface area contributed by atoms with Crippen molar-refractivity contribution >= 4 is 5.91 Å². The summed E-state index contributed by atoms with van der Waals surface area (Å²) >= 11 is 0. The average Bonchev–Trinajstić information content (AvgIpc) is 3.59. The minimum Gasteiger partial charge on any atom is -0.489 e. The molecule has 1 fully saturated rings. The maximum Gasteiger partial charge on any atom is 0.387 e. The van der Waals surface area contributed by atoms with Crippen molar-refractivity contribution in [3.63, 3.8) is 0 Å². The highest BCUT2D eigenvalue weighted by Gasteiger charge is 2.28. The number of aromatic nitrogens is 1. The monoisotopic (exact) mass is 521 g/mol. The zero-order valence-corrected chi connectivity index (χ0v) is 20.6. The van der Waals surface area contributed by atoms with Crippen molar-refractivity contribution in [3.8, 4) is 23.0 Å². The molecule has 0 bridgehead atoms. The lowest BCUT2D eigenvalue weighted by molar-refractivity contribution is -0.0515. The van der Waals surface area contributed by atoms with Crippen LogP contribution in [0.5, 0.6) is 11.5 Å². The molecule has 2 aromatic carbocycles. The van der Waals surface area contributed by atoms with Crippen molar-refractivity contribution in [2.45, 2.75) is 39.0 Å². The molecule has 1 N–H and O–H groups in total. The molecule has 3 aromatic rings. The van der Waals surface area contributed by atoms with Gasteiger partial charge in [-0.2, -0.15) is 8.78 Å². The molecule has 0 saturated heterocycles. The zero-order chi connectivity index (χ0) is 26.7. The summed E-state index contributed by atoms with van der Waals surface area (Å²) in [4.78, 5) is 18.9. The van der Waals surface area contributed by atoms with Gasteiger partial charge in [-0.05, 0) is 57.0 Å². The Morgan fingerprint density at radius 3 is 2.59 bits per heavy atom. The van der Waals surface area contributed by atoms with E-state index in [4.69, 9.17) is 9.15 Å². The summed E-state index contributed by atoms with van der Waals surface area (Å²) in [7, 11) is 3.15. The van der Waals surface area contributed by atoms with Crippen LogP contribution in [0.3, 0.4) is 0 Å². The number of hydrogen-bond donors (Lipinski definition) is 1. The summed E-state index contributed by atoms with van der Waals surface area (Å²) in [5.41, 5.74) is 0.523. The predicted molar refractivity (Wildman–Crippen MR) is 126 cm³/mol. The van der Waals surface area contributed by atoms with Crippen molar-refractivity contribution in [2.75, 3.05) is 20.7 Å². The third-order valence-corrected chi connectivity index (χ3v) is 6.03. The van der Waals surface area contributed by atoms with E-state index in [0.717, 1.165) is 25.0 Å². The molecule has 198 valence electrons. The molecule has 1 aromatic heterocycles. The lowest BCUT2D eigenvalue weighted by Crippen LogP contribution is -2.29. The molecule has 37 heavy (non-hydrogen) atoms. The van der Waals surface area contributed by atoms with Crippen LogP contribution in [0.1, 0.15) is 47.6 Å². The van der Waals surface area contributed by atoms with Crippen molar-refractivity contribution in [1.82, 2.24) is 15.2 Å². The van der Waals surface area contributed by atoms with Crippen LogP contribution in [0, 0.1) is 17.6 Å². The molecule has 7 nitrogen and oxygen atoms in total. The molecule has 1 unspecified atom stereocenters. The Balaban J connectivity index is 1.64. The Kier molecular flexibility index (Phi) is 8.01. The van der Waals surface area contributed by atoms with Gasteiger partial charge in [0, 0.05) is 30.8 Å². The molecule has 0 aliphatic heterocycles. The van der Waals surface area contributed by atoms with E-state index in [9.17, 15) is 22.4 Å². The number of oxazole rings is 1. The quantitative estimate of drug-likeness (QED) is 0.333. The number of benzene rings is 2. The number of alkyl halides is 2. The maximum absolute atomic E-state index is 14.1. The lowest BCUT2D eigenvalue weighted by atomic mass is 10.1. The van der Waals surface area contributed by atoms with Gasteiger partial charge in [0.05, 0.1) is 12.6 Å². The van der Waals surface area contributed by atoms with E-state index in [0.29, 0.717) is 18.1 Å². The number of amides is 1. The molecule has 11 heteroatoms. The van der Waals surface area contributed by atoms with Gasteiger partial charge in [0.1, 0.15) is 11.6 Å². The molecular formula is C26H27F4N3O4. The molecule has 1 aliphatic carbocycles. The number of halogens is 4. The van der Waals surface area contributed by atoms with Gasteiger partial charge >= 0.3 is 6.61 Å². The van der Waals surface area contributed by atoms with E-state index in [1.165, 1.54) is 36.2 Å². The van der Waals surface area contributed by atoms with Crippen LogP contribution in [-0.2, 0) is 6.54 Å². The molecule has 4 rings (SSSR count). The topological polar surface area (TPSA) is 76.8 Å². The van der Waals surface area contributed by atoms with Crippen LogP contribution in [-0.4, -0.2) is 43.1 Å². The SMILES string of the molecule is CNC(C)c1oc(-c2ccc(OC(F)F)c(OCC3CC3)c2)nc1C(=O)N(C)Cc1ccc(F)cc1F.